The van der Waals surface area contributed by atoms with Gasteiger partial charge in [0.1, 0.15) is 0 Å². The Bertz CT molecular complexity index is 141. The van der Waals surface area contributed by atoms with E-state index in [0.717, 1.165) is 12.5 Å². The van der Waals surface area contributed by atoms with Gasteiger partial charge in [-0.25, -0.2) is 0 Å². The second-order valence-electron chi connectivity index (χ2n) is 2.92. The molecule has 1 N–H and O–H groups in total. The minimum atomic E-state index is 0.736. The molecule has 1 aliphatic rings. The molecule has 1 aliphatic heterocycles. The van der Waals surface area contributed by atoms with Gasteiger partial charge in [-0.05, 0) is 32.2 Å². The molecule has 1 atom stereocenters. The van der Waals surface area contributed by atoms with Gasteiger partial charge in [0, 0.05) is 6.54 Å². The summed E-state index contributed by atoms with van der Waals surface area (Å²) in [6.07, 6.45) is 10.8. The van der Waals surface area contributed by atoms with Gasteiger partial charge in [-0.1, -0.05) is 24.3 Å². The van der Waals surface area contributed by atoms with E-state index in [-0.39, 0.29) is 0 Å². The first-order chi connectivity index (χ1) is 5.43. The normalized spacial score (nSPS) is 26.8. The Morgan fingerprint density at radius 2 is 2.27 bits per heavy atom. The molecule has 0 aromatic carbocycles. The quantitative estimate of drug-likeness (QED) is 0.593. The lowest BCUT2D eigenvalue weighted by molar-refractivity contribution is 0.438. The van der Waals surface area contributed by atoms with E-state index < -0.39 is 0 Å². The lowest BCUT2D eigenvalue weighted by Gasteiger charge is -2.18. The summed E-state index contributed by atoms with van der Waals surface area (Å²) in [7, 11) is 0. The number of piperidine rings is 1. The van der Waals surface area contributed by atoms with Crippen LogP contribution in [0.4, 0.5) is 0 Å². The molecule has 1 unspecified atom stereocenters. The SMILES string of the molecule is [CH2]C=CC=CC1CCCNC1. The molecule has 1 rings (SSSR count). The summed E-state index contributed by atoms with van der Waals surface area (Å²) in [5.41, 5.74) is 0. The summed E-state index contributed by atoms with van der Waals surface area (Å²) in [4.78, 5) is 0. The summed E-state index contributed by atoms with van der Waals surface area (Å²) >= 11 is 0. The van der Waals surface area contributed by atoms with Crippen LogP contribution in [0.5, 0.6) is 0 Å². The number of hydrogen-bond donors (Lipinski definition) is 1. The first kappa shape index (κ1) is 8.54. The third kappa shape index (κ3) is 3.38. The minimum Gasteiger partial charge on any atom is -0.316 e. The van der Waals surface area contributed by atoms with Crippen LogP contribution in [0.15, 0.2) is 24.3 Å². The monoisotopic (exact) mass is 150 g/mol. The Kier molecular flexibility index (Phi) is 3.99. The highest BCUT2D eigenvalue weighted by molar-refractivity contribution is 5.05. The molecular weight excluding hydrogens is 134 g/mol. The van der Waals surface area contributed by atoms with E-state index in [1.807, 2.05) is 12.2 Å². The van der Waals surface area contributed by atoms with Crippen LogP contribution < -0.4 is 5.32 Å². The van der Waals surface area contributed by atoms with Gasteiger partial charge in [-0.2, -0.15) is 0 Å². The molecule has 0 aromatic heterocycles. The molecule has 0 amide bonds. The zero-order valence-electron chi connectivity index (χ0n) is 6.92. The first-order valence-electron chi connectivity index (χ1n) is 4.27. The second-order valence-corrected chi connectivity index (χ2v) is 2.92. The van der Waals surface area contributed by atoms with Crippen LogP contribution in [0.3, 0.4) is 0 Å². The van der Waals surface area contributed by atoms with Crippen molar-refractivity contribution in [2.75, 3.05) is 13.1 Å². The van der Waals surface area contributed by atoms with Gasteiger partial charge in [-0.3, -0.25) is 0 Å². The number of rotatable bonds is 2. The van der Waals surface area contributed by atoms with E-state index in [1.54, 1.807) is 0 Å². The average molecular weight is 150 g/mol. The van der Waals surface area contributed by atoms with Crippen LogP contribution in [-0.4, -0.2) is 13.1 Å². The maximum Gasteiger partial charge on any atom is 0.00143 e. The van der Waals surface area contributed by atoms with Gasteiger partial charge >= 0.3 is 0 Å². The van der Waals surface area contributed by atoms with Crippen molar-refractivity contribution in [3.05, 3.63) is 31.2 Å². The van der Waals surface area contributed by atoms with Crippen LogP contribution in [0, 0.1) is 12.8 Å². The Labute approximate surface area is 69.2 Å². The molecule has 1 radical (unpaired) electrons. The summed E-state index contributed by atoms with van der Waals surface area (Å²) in [6, 6.07) is 0. The lowest BCUT2D eigenvalue weighted by atomic mass is 9.99. The molecule has 11 heavy (non-hydrogen) atoms. The second kappa shape index (κ2) is 5.14. The van der Waals surface area contributed by atoms with Gasteiger partial charge in [0.2, 0.25) is 0 Å². The van der Waals surface area contributed by atoms with Crippen molar-refractivity contribution >= 4 is 0 Å². The fourth-order valence-electron chi connectivity index (χ4n) is 1.34. The molecule has 1 nitrogen and oxygen atoms in total. The summed E-state index contributed by atoms with van der Waals surface area (Å²) in [6.45, 7) is 5.95. The molecule has 1 saturated heterocycles. The van der Waals surface area contributed by atoms with E-state index in [0.29, 0.717) is 0 Å². The number of allylic oxidation sites excluding steroid dienone is 3. The number of nitrogens with one attached hydrogen (secondary N) is 1. The number of hydrogen-bond acceptors (Lipinski definition) is 1. The Balaban J connectivity index is 2.23. The highest BCUT2D eigenvalue weighted by Gasteiger charge is 2.07. The molecule has 0 bridgehead atoms. The van der Waals surface area contributed by atoms with Crippen molar-refractivity contribution in [3.8, 4) is 0 Å². The maximum absolute atomic E-state index is 3.62. The highest BCUT2D eigenvalue weighted by atomic mass is 14.9. The molecular formula is C10H16N. The largest absolute Gasteiger partial charge is 0.316 e. The Morgan fingerprint density at radius 3 is 2.91 bits per heavy atom. The van der Waals surface area contributed by atoms with Crippen LogP contribution in [0.2, 0.25) is 0 Å². The summed E-state index contributed by atoms with van der Waals surface area (Å²) in [5.74, 6) is 0.736. The van der Waals surface area contributed by atoms with Gasteiger partial charge in [-0.15, -0.1) is 0 Å². The van der Waals surface area contributed by atoms with E-state index >= 15 is 0 Å². The molecule has 1 heterocycles. The zero-order chi connectivity index (χ0) is 7.94. The maximum atomic E-state index is 3.62. The van der Waals surface area contributed by atoms with Crippen molar-refractivity contribution in [2.24, 2.45) is 5.92 Å². The van der Waals surface area contributed by atoms with Crippen LogP contribution in [0.25, 0.3) is 0 Å². The van der Waals surface area contributed by atoms with Gasteiger partial charge in [0.15, 0.2) is 0 Å². The standard InChI is InChI=1S/C10H16N/c1-2-3-4-6-10-7-5-8-11-9-10/h2-4,6,10-11H,1,5,7-9H2. The van der Waals surface area contributed by atoms with Crippen molar-refractivity contribution in [1.82, 2.24) is 5.32 Å². The zero-order valence-corrected chi connectivity index (χ0v) is 6.92. The van der Waals surface area contributed by atoms with Crippen molar-refractivity contribution in [2.45, 2.75) is 12.8 Å². The van der Waals surface area contributed by atoms with E-state index in [9.17, 15) is 0 Å². The van der Waals surface area contributed by atoms with E-state index in [2.05, 4.69) is 24.4 Å². The molecule has 1 fully saturated rings. The fraction of sp³-hybridized carbons (Fsp3) is 0.500. The summed E-state index contributed by atoms with van der Waals surface area (Å²) in [5, 5.41) is 3.37. The fourth-order valence-corrected chi connectivity index (χ4v) is 1.34. The van der Waals surface area contributed by atoms with Crippen molar-refractivity contribution < 1.29 is 0 Å². The van der Waals surface area contributed by atoms with Gasteiger partial charge in [0.25, 0.3) is 0 Å². The first-order valence-corrected chi connectivity index (χ1v) is 4.27. The third-order valence-corrected chi connectivity index (χ3v) is 1.97. The van der Waals surface area contributed by atoms with Crippen molar-refractivity contribution in [3.63, 3.8) is 0 Å². The van der Waals surface area contributed by atoms with Crippen LogP contribution in [-0.2, 0) is 0 Å². The Morgan fingerprint density at radius 1 is 1.36 bits per heavy atom. The lowest BCUT2D eigenvalue weighted by Crippen LogP contribution is -2.28. The molecule has 0 aromatic rings. The summed E-state index contributed by atoms with van der Waals surface area (Å²) < 4.78 is 0. The van der Waals surface area contributed by atoms with Crippen molar-refractivity contribution in [1.29, 1.82) is 0 Å². The molecule has 0 spiro atoms. The minimum absolute atomic E-state index is 0.736. The van der Waals surface area contributed by atoms with Gasteiger partial charge < -0.3 is 5.32 Å². The van der Waals surface area contributed by atoms with Crippen LogP contribution in [0.1, 0.15) is 12.8 Å². The van der Waals surface area contributed by atoms with E-state index in [4.69, 9.17) is 0 Å². The van der Waals surface area contributed by atoms with Crippen LogP contribution >= 0.6 is 0 Å². The Hall–Kier alpha value is -0.560. The predicted octanol–water partition coefficient (Wildman–Crippen LogP) is 1.93. The molecule has 61 valence electrons. The predicted molar refractivity (Wildman–Crippen MR) is 49.2 cm³/mol. The topological polar surface area (TPSA) is 12.0 Å². The smallest absolute Gasteiger partial charge is 0.00143 e. The molecule has 0 aliphatic carbocycles. The third-order valence-electron chi connectivity index (χ3n) is 1.97. The average Bonchev–Trinajstić information content (AvgIpc) is 2.07. The highest BCUT2D eigenvalue weighted by Crippen LogP contribution is 2.10. The van der Waals surface area contributed by atoms with Gasteiger partial charge in [0.05, 0.1) is 0 Å². The van der Waals surface area contributed by atoms with E-state index in [1.165, 1.54) is 19.4 Å². The molecule has 0 saturated carbocycles. The molecule has 1 heteroatoms.